The highest BCUT2D eigenvalue weighted by molar-refractivity contribution is 5.76. The Morgan fingerprint density at radius 1 is 1.08 bits per heavy atom. The third kappa shape index (κ3) is 8.43. The maximum absolute atomic E-state index is 13.9. The van der Waals surface area contributed by atoms with E-state index in [1.54, 1.807) is 0 Å². The normalized spacial score (nSPS) is 17.0. The molecule has 0 heterocycles. The van der Waals surface area contributed by atoms with Crippen molar-refractivity contribution < 1.29 is 23.5 Å². The van der Waals surface area contributed by atoms with Crippen molar-refractivity contribution in [3.63, 3.8) is 0 Å². The molecule has 1 aliphatic rings. The fourth-order valence-electron chi connectivity index (χ4n) is 5.34. The number of aliphatic hydroxyl groups excluding tert-OH is 1. The maximum Gasteiger partial charge on any atom is 0.220 e. The first kappa shape index (κ1) is 29.9. The van der Waals surface area contributed by atoms with E-state index in [0.717, 1.165) is 44.5 Å². The second kappa shape index (κ2) is 13.4. The van der Waals surface area contributed by atoms with E-state index in [0.29, 0.717) is 12.0 Å². The number of hydrogen-bond acceptors (Lipinski definition) is 4. The largest absolute Gasteiger partial charge is 0.390 e. The molecule has 38 heavy (non-hydrogen) atoms. The molecule has 1 aliphatic carbocycles. The van der Waals surface area contributed by atoms with E-state index in [4.69, 9.17) is 0 Å². The predicted molar refractivity (Wildman–Crippen MR) is 146 cm³/mol. The van der Waals surface area contributed by atoms with E-state index >= 15 is 0 Å². The minimum absolute atomic E-state index is 0.00480. The van der Waals surface area contributed by atoms with Crippen LogP contribution in [0.3, 0.4) is 0 Å². The van der Waals surface area contributed by atoms with Crippen LogP contribution in [-0.4, -0.2) is 36.0 Å². The number of aldehydes is 1. The van der Waals surface area contributed by atoms with Crippen molar-refractivity contribution in [2.45, 2.75) is 102 Å². The van der Waals surface area contributed by atoms with E-state index in [1.807, 2.05) is 0 Å². The van der Waals surface area contributed by atoms with Gasteiger partial charge in [0.15, 0.2) is 0 Å². The highest BCUT2D eigenvalue weighted by atomic mass is 19.1. The van der Waals surface area contributed by atoms with Crippen LogP contribution in [0, 0.1) is 11.6 Å². The lowest BCUT2D eigenvalue weighted by atomic mass is 9.74. The van der Waals surface area contributed by atoms with Crippen LogP contribution in [0.2, 0.25) is 0 Å². The summed E-state index contributed by atoms with van der Waals surface area (Å²) in [6.45, 7) is 6.77. The topological polar surface area (TPSA) is 78.4 Å². The van der Waals surface area contributed by atoms with E-state index in [9.17, 15) is 23.5 Å². The quantitative estimate of drug-likeness (QED) is 0.252. The Hall–Kier alpha value is -2.64. The van der Waals surface area contributed by atoms with Crippen molar-refractivity contribution in [2.75, 3.05) is 6.54 Å². The molecule has 0 radical (unpaired) electrons. The fourth-order valence-corrected chi connectivity index (χ4v) is 5.34. The van der Waals surface area contributed by atoms with Gasteiger partial charge < -0.3 is 20.5 Å². The van der Waals surface area contributed by atoms with E-state index in [-0.39, 0.29) is 42.7 Å². The number of nitrogens with one attached hydrogen (secondary N) is 2. The molecular weight excluding hydrogens is 486 g/mol. The Morgan fingerprint density at radius 2 is 1.76 bits per heavy atom. The first-order chi connectivity index (χ1) is 18.0. The molecule has 2 unspecified atom stereocenters. The predicted octanol–water partition coefficient (Wildman–Crippen LogP) is 5.47. The van der Waals surface area contributed by atoms with Gasteiger partial charge in [0.25, 0.3) is 0 Å². The molecule has 0 aromatic heterocycles. The summed E-state index contributed by atoms with van der Waals surface area (Å²) in [4.78, 5) is 23.2. The first-order valence-electron chi connectivity index (χ1n) is 13.7. The monoisotopic (exact) mass is 528 g/mol. The van der Waals surface area contributed by atoms with Crippen molar-refractivity contribution in [1.29, 1.82) is 0 Å². The number of rotatable bonds is 12. The summed E-state index contributed by atoms with van der Waals surface area (Å²) in [5.41, 5.74) is 2.49. The van der Waals surface area contributed by atoms with Crippen LogP contribution in [-0.2, 0) is 27.0 Å². The van der Waals surface area contributed by atoms with Crippen molar-refractivity contribution in [2.24, 2.45) is 0 Å². The standard InChI is InChI=1S/C31H42F2N2O3/c1-30(2,3)23-10-9-11-24(19-23)31(13-6-4-7-14-31)34-21-28(37)27(35-29(38)12-5-8-15-36)18-22-16-25(32)20-26(33)17-22/h9-11,15-17,19-20,27-28,34,37H,4-8,12-14,18,21H2,1-3H3,(H,35,38). The van der Waals surface area contributed by atoms with Crippen LogP contribution in [0.1, 0.15) is 88.8 Å². The molecule has 208 valence electrons. The number of amides is 1. The minimum atomic E-state index is -0.999. The number of unbranched alkanes of at least 4 members (excludes halogenated alkanes) is 1. The molecule has 0 spiro atoms. The minimum Gasteiger partial charge on any atom is -0.390 e. The lowest BCUT2D eigenvalue weighted by Gasteiger charge is -2.41. The van der Waals surface area contributed by atoms with Crippen molar-refractivity contribution >= 4 is 12.2 Å². The maximum atomic E-state index is 13.9. The molecule has 5 nitrogen and oxygen atoms in total. The number of benzene rings is 2. The summed E-state index contributed by atoms with van der Waals surface area (Å²) in [5.74, 6) is -1.72. The number of carbonyl (C=O) groups is 2. The Balaban J connectivity index is 1.80. The second-order valence-corrected chi connectivity index (χ2v) is 11.6. The summed E-state index contributed by atoms with van der Waals surface area (Å²) in [6, 6.07) is 11.1. The molecule has 2 aromatic rings. The molecule has 1 fully saturated rings. The van der Waals surface area contributed by atoms with E-state index in [1.165, 1.54) is 23.3 Å². The molecule has 3 rings (SSSR count). The summed E-state index contributed by atoms with van der Waals surface area (Å²) < 4.78 is 27.7. The third-order valence-corrected chi connectivity index (χ3v) is 7.55. The van der Waals surface area contributed by atoms with Gasteiger partial charge in [-0.2, -0.15) is 0 Å². The van der Waals surface area contributed by atoms with Crippen molar-refractivity contribution in [1.82, 2.24) is 10.6 Å². The molecule has 3 N–H and O–H groups in total. The number of hydrogen-bond donors (Lipinski definition) is 3. The third-order valence-electron chi connectivity index (χ3n) is 7.55. The van der Waals surface area contributed by atoms with Gasteiger partial charge in [-0.1, -0.05) is 64.3 Å². The molecule has 1 amide bonds. The highest BCUT2D eigenvalue weighted by Gasteiger charge is 2.35. The van der Waals surface area contributed by atoms with Gasteiger partial charge in [0, 0.05) is 31.0 Å². The van der Waals surface area contributed by atoms with Gasteiger partial charge in [-0.3, -0.25) is 4.79 Å². The number of carbonyl (C=O) groups excluding carboxylic acids is 2. The molecule has 0 bridgehead atoms. The molecular formula is C31H42F2N2O3. The summed E-state index contributed by atoms with van der Waals surface area (Å²) in [7, 11) is 0. The summed E-state index contributed by atoms with van der Waals surface area (Å²) in [5, 5.41) is 17.8. The van der Waals surface area contributed by atoms with Gasteiger partial charge in [0.05, 0.1) is 12.1 Å². The highest BCUT2D eigenvalue weighted by Crippen LogP contribution is 2.38. The van der Waals surface area contributed by atoms with Gasteiger partial charge >= 0.3 is 0 Å². The Kier molecular flexibility index (Phi) is 10.6. The van der Waals surface area contributed by atoms with Gasteiger partial charge in [0.1, 0.15) is 17.9 Å². The van der Waals surface area contributed by atoms with Crippen LogP contribution in [0.4, 0.5) is 8.78 Å². The smallest absolute Gasteiger partial charge is 0.220 e. The average molecular weight is 529 g/mol. The zero-order chi connectivity index (χ0) is 27.8. The van der Waals surface area contributed by atoms with Crippen LogP contribution in [0.15, 0.2) is 42.5 Å². The average Bonchev–Trinajstić information content (AvgIpc) is 2.86. The van der Waals surface area contributed by atoms with Gasteiger partial charge in [0.2, 0.25) is 5.91 Å². The molecule has 0 saturated heterocycles. The molecule has 0 aliphatic heterocycles. The van der Waals surface area contributed by atoms with Crippen LogP contribution in [0.25, 0.3) is 0 Å². The summed E-state index contributed by atoms with van der Waals surface area (Å²) in [6.07, 6.45) is 5.82. The van der Waals surface area contributed by atoms with Gasteiger partial charge in [-0.25, -0.2) is 8.78 Å². The van der Waals surface area contributed by atoms with Crippen molar-refractivity contribution in [3.05, 3.63) is 70.8 Å². The van der Waals surface area contributed by atoms with Crippen LogP contribution in [0.5, 0.6) is 0 Å². The first-order valence-corrected chi connectivity index (χ1v) is 13.7. The Morgan fingerprint density at radius 3 is 2.39 bits per heavy atom. The fraction of sp³-hybridized carbons (Fsp3) is 0.548. The lowest BCUT2D eigenvalue weighted by Crippen LogP contribution is -2.53. The molecule has 2 aromatic carbocycles. The van der Waals surface area contributed by atoms with E-state index < -0.39 is 23.8 Å². The molecule has 2 atom stereocenters. The zero-order valence-electron chi connectivity index (χ0n) is 22.9. The second-order valence-electron chi connectivity index (χ2n) is 11.6. The lowest BCUT2D eigenvalue weighted by molar-refractivity contribution is -0.122. The van der Waals surface area contributed by atoms with Gasteiger partial charge in [-0.05, 0) is 59.9 Å². The zero-order valence-corrected chi connectivity index (χ0v) is 22.9. The number of aliphatic hydroxyl groups is 1. The number of halogens is 2. The van der Waals surface area contributed by atoms with Crippen LogP contribution < -0.4 is 10.6 Å². The molecule has 1 saturated carbocycles. The SMILES string of the molecule is CC(C)(C)c1cccc(C2(NCC(O)C(Cc3cc(F)cc(F)c3)NC(=O)CCCC=O)CCCCC2)c1. The van der Waals surface area contributed by atoms with E-state index in [2.05, 4.69) is 55.7 Å². The Bertz CT molecular complexity index is 1060. The van der Waals surface area contributed by atoms with Crippen LogP contribution >= 0.6 is 0 Å². The summed E-state index contributed by atoms with van der Waals surface area (Å²) >= 11 is 0. The Labute approximate surface area is 225 Å². The molecule has 7 heteroatoms. The van der Waals surface area contributed by atoms with Gasteiger partial charge in [-0.15, -0.1) is 0 Å². The van der Waals surface area contributed by atoms with Crippen molar-refractivity contribution in [3.8, 4) is 0 Å².